The number of benzene rings is 2. The Morgan fingerprint density at radius 2 is 1.79 bits per heavy atom. The fourth-order valence-electron chi connectivity index (χ4n) is 3.18. The molecule has 0 amide bonds. The second kappa shape index (κ2) is 8.60. The summed E-state index contributed by atoms with van der Waals surface area (Å²) in [5, 5.41) is 22.1. The van der Waals surface area contributed by atoms with Crippen LogP contribution >= 0.6 is 0 Å². The van der Waals surface area contributed by atoms with Crippen molar-refractivity contribution in [3.05, 3.63) is 100 Å². The molecule has 1 heterocycles. The molecular weight excluding hydrogens is 378 g/mol. The molecule has 29 heavy (non-hydrogen) atoms. The van der Waals surface area contributed by atoms with Gasteiger partial charge in [-0.25, -0.2) is 13.6 Å². The van der Waals surface area contributed by atoms with Crippen LogP contribution in [0.3, 0.4) is 0 Å². The van der Waals surface area contributed by atoms with Crippen LogP contribution in [0.4, 0.5) is 8.78 Å². The van der Waals surface area contributed by atoms with E-state index in [1.165, 1.54) is 18.2 Å². The Balaban J connectivity index is 2.05. The van der Waals surface area contributed by atoms with Crippen molar-refractivity contribution in [2.24, 2.45) is 5.16 Å². The smallest absolute Gasteiger partial charge is 0.335 e. The van der Waals surface area contributed by atoms with Crippen LogP contribution in [0.15, 0.2) is 65.9 Å². The molecule has 7 heteroatoms. The number of pyridine rings is 1. The molecule has 1 atom stereocenters. The molecule has 0 saturated carbocycles. The summed E-state index contributed by atoms with van der Waals surface area (Å²) in [6.45, 7) is 1.79. The van der Waals surface area contributed by atoms with E-state index in [9.17, 15) is 18.8 Å². The zero-order chi connectivity index (χ0) is 21.0. The number of carboxylic acid groups (broad SMARTS) is 1. The van der Waals surface area contributed by atoms with E-state index in [0.29, 0.717) is 16.8 Å². The zero-order valence-electron chi connectivity index (χ0n) is 15.5. The van der Waals surface area contributed by atoms with Crippen LogP contribution in [0.5, 0.6) is 0 Å². The summed E-state index contributed by atoms with van der Waals surface area (Å²) in [5.41, 5.74) is 2.54. The Morgan fingerprint density at radius 1 is 1.07 bits per heavy atom. The summed E-state index contributed by atoms with van der Waals surface area (Å²) < 4.78 is 28.0. The van der Waals surface area contributed by atoms with Crippen LogP contribution in [-0.2, 0) is 0 Å². The van der Waals surface area contributed by atoms with Crippen LogP contribution in [0, 0.1) is 18.6 Å². The number of carbonyl (C=O) groups is 1. The number of carboxylic acids is 1. The number of aromatic carboxylic acids is 1. The fourth-order valence-corrected chi connectivity index (χ4v) is 3.18. The van der Waals surface area contributed by atoms with E-state index in [0.717, 1.165) is 17.8 Å². The van der Waals surface area contributed by atoms with Crippen molar-refractivity contribution in [2.45, 2.75) is 19.3 Å². The van der Waals surface area contributed by atoms with Crippen molar-refractivity contribution in [1.82, 2.24) is 4.98 Å². The molecule has 3 aromatic rings. The van der Waals surface area contributed by atoms with Crippen molar-refractivity contribution in [1.29, 1.82) is 0 Å². The van der Waals surface area contributed by atoms with Gasteiger partial charge in [-0.3, -0.25) is 4.98 Å². The summed E-state index contributed by atoms with van der Waals surface area (Å²) in [5.74, 6) is -3.14. The maximum absolute atomic E-state index is 14.6. The lowest BCUT2D eigenvalue weighted by molar-refractivity contribution is 0.0697. The Bertz CT molecular complexity index is 1070. The number of nitrogens with zero attached hydrogens (tertiary/aromatic N) is 2. The number of hydrogen-bond donors (Lipinski definition) is 2. The molecule has 0 radical (unpaired) electrons. The fraction of sp³-hybridized carbons (Fsp3) is 0.136. The Hall–Kier alpha value is -3.61. The van der Waals surface area contributed by atoms with Gasteiger partial charge in [0.25, 0.3) is 0 Å². The van der Waals surface area contributed by atoms with E-state index in [1.54, 1.807) is 37.4 Å². The lowest BCUT2D eigenvalue weighted by atomic mass is 9.85. The maximum Gasteiger partial charge on any atom is 0.335 e. The topological polar surface area (TPSA) is 82.8 Å². The van der Waals surface area contributed by atoms with Gasteiger partial charge in [0.2, 0.25) is 0 Å². The van der Waals surface area contributed by atoms with E-state index < -0.39 is 23.5 Å². The summed E-state index contributed by atoms with van der Waals surface area (Å²) in [4.78, 5) is 15.2. The third kappa shape index (κ3) is 4.63. The first-order valence-corrected chi connectivity index (χ1v) is 8.81. The predicted octanol–water partition coefficient (Wildman–Crippen LogP) is 4.77. The number of aromatic nitrogens is 1. The maximum atomic E-state index is 14.6. The molecule has 0 aliphatic rings. The van der Waals surface area contributed by atoms with E-state index >= 15 is 0 Å². The molecule has 0 fully saturated rings. The van der Waals surface area contributed by atoms with Gasteiger partial charge in [-0.1, -0.05) is 23.4 Å². The van der Waals surface area contributed by atoms with Crippen LogP contribution in [-0.4, -0.2) is 27.0 Å². The Morgan fingerprint density at radius 3 is 2.38 bits per heavy atom. The first-order chi connectivity index (χ1) is 13.9. The van der Waals surface area contributed by atoms with E-state index in [1.807, 2.05) is 0 Å². The molecule has 148 valence electrons. The molecule has 0 aliphatic heterocycles. The lowest BCUT2D eigenvalue weighted by Gasteiger charge is -2.20. The summed E-state index contributed by atoms with van der Waals surface area (Å²) in [7, 11) is 0. The van der Waals surface area contributed by atoms with E-state index in [2.05, 4.69) is 10.1 Å². The number of rotatable bonds is 6. The first-order valence-electron chi connectivity index (χ1n) is 8.81. The molecule has 1 unspecified atom stereocenters. The third-order valence-corrected chi connectivity index (χ3v) is 4.65. The predicted molar refractivity (Wildman–Crippen MR) is 104 cm³/mol. The minimum absolute atomic E-state index is 0.0906. The molecule has 0 aliphatic carbocycles. The molecule has 1 aromatic heterocycles. The van der Waals surface area contributed by atoms with Crippen molar-refractivity contribution in [3.63, 3.8) is 0 Å². The first kappa shape index (κ1) is 20.1. The minimum Gasteiger partial charge on any atom is -0.478 e. The van der Waals surface area contributed by atoms with Crippen molar-refractivity contribution in [2.75, 3.05) is 0 Å². The van der Waals surface area contributed by atoms with E-state index in [4.69, 9.17) is 5.11 Å². The van der Waals surface area contributed by atoms with Gasteiger partial charge < -0.3 is 10.3 Å². The Kier molecular flexibility index (Phi) is 5.97. The largest absolute Gasteiger partial charge is 0.478 e. The highest BCUT2D eigenvalue weighted by molar-refractivity contribution is 6.01. The second-order valence-corrected chi connectivity index (χ2v) is 6.58. The van der Waals surface area contributed by atoms with Crippen LogP contribution in [0.1, 0.15) is 45.1 Å². The average molecular weight is 396 g/mol. The van der Waals surface area contributed by atoms with Crippen molar-refractivity contribution >= 4 is 11.7 Å². The highest BCUT2D eigenvalue weighted by atomic mass is 19.1. The van der Waals surface area contributed by atoms with Crippen molar-refractivity contribution < 1.29 is 23.9 Å². The van der Waals surface area contributed by atoms with Gasteiger partial charge in [0, 0.05) is 35.9 Å². The van der Waals surface area contributed by atoms with Gasteiger partial charge in [0.05, 0.1) is 11.3 Å². The summed E-state index contributed by atoms with van der Waals surface area (Å²) in [6, 6.07) is 12.7. The van der Waals surface area contributed by atoms with Gasteiger partial charge in [-0.05, 0) is 48.4 Å². The molecular formula is C22H18F2N2O3. The van der Waals surface area contributed by atoms with Gasteiger partial charge in [0.1, 0.15) is 11.6 Å². The molecule has 2 aromatic carbocycles. The number of hydrogen-bond acceptors (Lipinski definition) is 4. The van der Waals surface area contributed by atoms with Crippen LogP contribution < -0.4 is 0 Å². The highest BCUT2D eigenvalue weighted by Gasteiger charge is 2.22. The number of halogens is 2. The summed E-state index contributed by atoms with van der Waals surface area (Å²) >= 11 is 0. The lowest BCUT2D eigenvalue weighted by Crippen LogP contribution is -2.13. The third-order valence-electron chi connectivity index (χ3n) is 4.65. The quantitative estimate of drug-likeness (QED) is 0.357. The van der Waals surface area contributed by atoms with Crippen LogP contribution in [0.2, 0.25) is 0 Å². The molecule has 2 N–H and O–H groups in total. The standard InChI is InChI=1S/C22H18F2N2O3/c1-13-10-16(8-9-25-13)21(26-29)12-19(18-7-6-17(23)11-20(18)24)14-2-4-15(5-3-14)22(27)28/h2-11,19,29H,12H2,1H3,(H,27,28)/b26-21+. The van der Waals surface area contributed by atoms with Gasteiger partial charge >= 0.3 is 5.97 Å². The molecule has 3 rings (SSSR count). The second-order valence-electron chi connectivity index (χ2n) is 6.58. The Labute approximate surface area is 166 Å². The van der Waals surface area contributed by atoms with Crippen LogP contribution in [0.25, 0.3) is 0 Å². The minimum atomic E-state index is -1.08. The SMILES string of the molecule is Cc1cc(/C(CC(c2ccc(C(=O)O)cc2)c2ccc(F)cc2F)=N/O)ccn1. The van der Waals surface area contributed by atoms with Gasteiger partial charge in [0.15, 0.2) is 0 Å². The number of aryl methyl sites for hydroxylation is 1. The average Bonchev–Trinajstić information content (AvgIpc) is 2.70. The van der Waals surface area contributed by atoms with E-state index in [-0.39, 0.29) is 17.5 Å². The number of oxime groups is 1. The molecule has 0 saturated heterocycles. The highest BCUT2D eigenvalue weighted by Crippen LogP contribution is 2.32. The van der Waals surface area contributed by atoms with Crippen molar-refractivity contribution in [3.8, 4) is 0 Å². The zero-order valence-corrected chi connectivity index (χ0v) is 15.5. The monoisotopic (exact) mass is 396 g/mol. The molecule has 0 spiro atoms. The molecule has 0 bridgehead atoms. The normalized spacial score (nSPS) is 12.6. The van der Waals surface area contributed by atoms with Gasteiger partial charge in [-0.15, -0.1) is 0 Å². The summed E-state index contributed by atoms with van der Waals surface area (Å²) in [6.07, 6.45) is 1.68. The van der Waals surface area contributed by atoms with Gasteiger partial charge in [-0.2, -0.15) is 0 Å². The molecule has 5 nitrogen and oxygen atoms in total.